The van der Waals surface area contributed by atoms with Gasteiger partial charge in [0.25, 0.3) is 0 Å². The molecule has 0 aliphatic carbocycles. The molecule has 0 aromatic heterocycles. The van der Waals surface area contributed by atoms with E-state index < -0.39 is 5.60 Å². The minimum atomic E-state index is -0.699. The Kier molecular flexibility index (Phi) is 5.53. The number of rotatable bonds is 7. The van der Waals surface area contributed by atoms with Gasteiger partial charge in [-0.3, -0.25) is 0 Å². The summed E-state index contributed by atoms with van der Waals surface area (Å²) >= 11 is 0. The molecule has 4 nitrogen and oxygen atoms in total. The van der Waals surface area contributed by atoms with Crippen LogP contribution in [0.2, 0.25) is 0 Å². The van der Waals surface area contributed by atoms with Crippen LogP contribution in [0, 0.1) is 0 Å². The molecule has 2 atom stereocenters. The highest BCUT2D eigenvalue weighted by atomic mass is 16.5. The summed E-state index contributed by atoms with van der Waals surface area (Å²) in [5.41, 5.74) is 4.81. The maximum absolute atomic E-state index is 9.92. The zero-order chi connectivity index (χ0) is 11.1. The van der Waals surface area contributed by atoms with E-state index in [1.165, 1.54) is 0 Å². The van der Waals surface area contributed by atoms with Crippen LogP contribution in [0.25, 0.3) is 0 Å². The lowest BCUT2D eigenvalue weighted by Crippen LogP contribution is -2.37. The Labute approximate surface area is 91.7 Å². The van der Waals surface area contributed by atoms with Crippen molar-refractivity contribution in [2.75, 3.05) is 26.4 Å². The van der Waals surface area contributed by atoms with E-state index in [0.717, 1.165) is 26.1 Å². The SMILES string of the molecule is CCC(O)(CN)CCCOC1CCOC1. The summed E-state index contributed by atoms with van der Waals surface area (Å²) in [5.74, 6) is 0. The van der Waals surface area contributed by atoms with Gasteiger partial charge in [0.15, 0.2) is 0 Å². The van der Waals surface area contributed by atoms with Crippen molar-refractivity contribution in [2.24, 2.45) is 5.73 Å². The molecule has 15 heavy (non-hydrogen) atoms. The third-order valence-corrected chi connectivity index (χ3v) is 3.07. The van der Waals surface area contributed by atoms with Crippen LogP contribution in [0.15, 0.2) is 0 Å². The highest BCUT2D eigenvalue weighted by Gasteiger charge is 2.22. The van der Waals surface area contributed by atoms with Gasteiger partial charge in [-0.25, -0.2) is 0 Å². The predicted molar refractivity (Wildman–Crippen MR) is 58.7 cm³/mol. The minimum Gasteiger partial charge on any atom is -0.389 e. The van der Waals surface area contributed by atoms with Crippen molar-refractivity contribution in [1.29, 1.82) is 0 Å². The van der Waals surface area contributed by atoms with Crippen molar-refractivity contribution < 1.29 is 14.6 Å². The van der Waals surface area contributed by atoms with Crippen LogP contribution in [-0.2, 0) is 9.47 Å². The number of nitrogens with two attached hydrogens (primary N) is 1. The standard InChI is InChI=1S/C11H23NO3/c1-2-11(13,9-12)5-3-6-15-10-4-7-14-8-10/h10,13H,2-9,12H2,1H3. The summed E-state index contributed by atoms with van der Waals surface area (Å²) < 4.78 is 10.8. The smallest absolute Gasteiger partial charge is 0.0830 e. The predicted octanol–water partition coefficient (Wildman–Crippen LogP) is 0.672. The number of ether oxygens (including phenoxy) is 2. The normalized spacial score (nSPS) is 25.4. The molecule has 0 radical (unpaired) electrons. The Morgan fingerprint density at radius 3 is 2.93 bits per heavy atom. The molecule has 2 unspecified atom stereocenters. The first-order valence-electron chi connectivity index (χ1n) is 5.82. The Balaban J connectivity index is 2.04. The molecule has 1 saturated heterocycles. The van der Waals surface area contributed by atoms with E-state index in [1.54, 1.807) is 0 Å². The molecule has 1 heterocycles. The van der Waals surface area contributed by atoms with Gasteiger partial charge in [-0.05, 0) is 25.7 Å². The molecule has 1 fully saturated rings. The summed E-state index contributed by atoms with van der Waals surface area (Å²) in [6, 6.07) is 0. The summed E-state index contributed by atoms with van der Waals surface area (Å²) in [6.45, 7) is 4.51. The molecule has 0 aromatic carbocycles. The Bertz CT molecular complexity index is 165. The van der Waals surface area contributed by atoms with Crippen molar-refractivity contribution in [1.82, 2.24) is 0 Å². The molecule has 1 rings (SSSR count). The molecule has 0 spiro atoms. The summed E-state index contributed by atoms with van der Waals surface area (Å²) in [4.78, 5) is 0. The van der Waals surface area contributed by atoms with E-state index in [0.29, 0.717) is 26.0 Å². The molecule has 3 N–H and O–H groups in total. The third-order valence-electron chi connectivity index (χ3n) is 3.07. The van der Waals surface area contributed by atoms with Crippen molar-refractivity contribution in [3.8, 4) is 0 Å². The van der Waals surface area contributed by atoms with Crippen molar-refractivity contribution in [2.45, 2.75) is 44.3 Å². The second-order valence-corrected chi connectivity index (χ2v) is 4.24. The van der Waals surface area contributed by atoms with Gasteiger partial charge in [0.05, 0.1) is 18.3 Å². The molecule has 1 aliphatic heterocycles. The molecule has 0 bridgehead atoms. The molecule has 90 valence electrons. The molecular formula is C11H23NO3. The fraction of sp³-hybridized carbons (Fsp3) is 1.00. The van der Waals surface area contributed by atoms with Gasteiger partial charge in [-0.15, -0.1) is 0 Å². The van der Waals surface area contributed by atoms with Crippen LogP contribution in [0.3, 0.4) is 0 Å². The van der Waals surface area contributed by atoms with Crippen LogP contribution in [0.1, 0.15) is 32.6 Å². The lowest BCUT2D eigenvalue weighted by atomic mass is 9.95. The summed E-state index contributed by atoms with van der Waals surface area (Å²) in [5, 5.41) is 9.92. The van der Waals surface area contributed by atoms with E-state index in [2.05, 4.69) is 0 Å². The zero-order valence-electron chi connectivity index (χ0n) is 9.58. The Morgan fingerprint density at radius 2 is 2.40 bits per heavy atom. The number of hydrogen-bond acceptors (Lipinski definition) is 4. The van der Waals surface area contributed by atoms with Crippen LogP contribution in [0.5, 0.6) is 0 Å². The van der Waals surface area contributed by atoms with Gasteiger partial charge >= 0.3 is 0 Å². The lowest BCUT2D eigenvalue weighted by molar-refractivity contribution is 0.00665. The van der Waals surface area contributed by atoms with E-state index in [4.69, 9.17) is 15.2 Å². The van der Waals surface area contributed by atoms with Crippen molar-refractivity contribution in [3.05, 3.63) is 0 Å². The molecule has 4 heteroatoms. The molecular weight excluding hydrogens is 194 g/mol. The van der Waals surface area contributed by atoms with Gasteiger partial charge in [0, 0.05) is 19.8 Å². The first-order chi connectivity index (χ1) is 7.20. The van der Waals surface area contributed by atoms with Crippen LogP contribution >= 0.6 is 0 Å². The van der Waals surface area contributed by atoms with Crippen LogP contribution < -0.4 is 5.73 Å². The van der Waals surface area contributed by atoms with E-state index in [9.17, 15) is 5.11 Å². The topological polar surface area (TPSA) is 64.7 Å². The third kappa shape index (κ3) is 4.47. The molecule has 0 saturated carbocycles. The van der Waals surface area contributed by atoms with Gasteiger partial charge in [0.2, 0.25) is 0 Å². The van der Waals surface area contributed by atoms with Crippen LogP contribution in [-0.4, -0.2) is 43.2 Å². The largest absolute Gasteiger partial charge is 0.389 e. The quantitative estimate of drug-likeness (QED) is 0.615. The van der Waals surface area contributed by atoms with Gasteiger partial charge in [-0.2, -0.15) is 0 Å². The van der Waals surface area contributed by atoms with Gasteiger partial charge < -0.3 is 20.3 Å². The minimum absolute atomic E-state index is 0.262. The Hall–Kier alpha value is -0.160. The second-order valence-electron chi connectivity index (χ2n) is 4.24. The maximum Gasteiger partial charge on any atom is 0.0830 e. The molecule has 0 amide bonds. The zero-order valence-corrected chi connectivity index (χ0v) is 9.58. The van der Waals surface area contributed by atoms with Crippen LogP contribution in [0.4, 0.5) is 0 Å². The van der Waals surface area contributed by atoms with E-state index in [-0.39, 0.29) is 6.10 Å². The first-order valence-corrected chi connectivity index (χ1v) is 5.82. The molecule has 0 aromatic rings. The maximum atomic E-state index is 9.92. The van der Waals surface area contributed by atoms with Crippen molar-refractivity contribution >= 4 is 0 Å². The average Bonchev–Trinajstić information content (AvgIpc) is 2.77. The second kappa shape index (κ2) is 6.43. The Morgan fingerprint density at radius 1 is 1.60 bits per heavy atom. The van der Waals surface area contributed by atoms with E-state index in [1.807, 2.05) is 6.92 Å². The van der Waals surface area contributed by atoms with Gasteiger partial charge in [0.1, 0.15) is 0 Å². The highest BCUT2D eigenvalue weighted by Crippen LogP contribution is 2.16. The number of aliphatic hydroxyl groups is 1. The van der Waals surface area contributed by atoms with E-state index >= 15 is 0 Å². The van der Waals surface area contributed by atoms with Crippen molar-refractivity contribution in [3.63, 3.8) is 0 Å². The summed E-state index contributed by atoms with van der Waals surface area (Å²) in [7, 11) is 0. The lowest BCUT2D eigenvalue weighted by Gasteiger charge is -2.24. The monoisotopic (exact) mass is 217 g/mol. The first kappa shape index (κ1) is 12.9. The summed E-state index contributed by atoms with van der Waals surface area (Å²) in [6.07, 6.45) is 3.54. The van der Waals surface area contributed by atoms with Gasteiger partial charge in [-0.1, -0.05) is 6.92 Å². The highest BCUT2D eigenvalue weighted by molar-refractivity contribution is 4.77. The number of hydrogen-bond donors (Lipinski definition) is 2. The molecule has 1 aliphatic rings. The fourth-order valence-electron chi connectivity index (χ4n) is 1.72. The average molecular weight is 217 g/mol. The fourth-order valence-corrected chi connectivity index (χ4v) is 1.72.